The number of unbranched alkanes of at least 4 members (excludes halogenated alkanes) is 5. The Bertz CT molecular complexity index is 204. The Balaban J connectivity index is 3.09. The molecular weight excluding hydrogens is 193 g/mol. The summed E-state index contributed by atoms with van der Waals surface area (Å²) >= 11 is 0. The van der Waals surface area contributed by atoms with Gasteiger partial charge >= 0.3 is 10.4 Å². The molecule has 0 amide bonds. The van der Waals surface area contributed by atoms with Gasteiger partial charge in [-0.2, -0.15) is 13.1 Å². The second-order valence-electron chi connectivity index (χ2n) is 3.10. The summed E-state index contributed by atoms with van der Waals surface area (Å²) in [5, 5.41) is 0. The first-order chi connectivity index (χ1) is 6.06. The normalized spacial score (nSPS) is 11.8. The molecule has 0 heterocycles. The first kappa shape index (κ1) is 12.8. The molecule has 0 atom stereocenters. The smallest absolute Gasteiger partial charge is 0.188 e. The van der Waals surface area contributed by atoms with Crippen LogP contribution in [0, 0.1) is 0 Å². The Morgan fingerprint density at radius 1 is 1.08 bits per heavy atom. The van der Waals surface area contributed by atoms with E-state index in [4.69, 9.17) is 0 Å². The standard InChI is InChI=1S/C8H18FNO2S/c1-2-3-4-5-6-7-8-10-13(9,11)12/h10H,2-8H2,1H3. The summed E-state index contributed by atoms with van der Waals surface area (Å²) in [6.07, 6.45) is 6.36. The molecular formula is C8H18FNO2S. The zero-order chi connectivity index (χ0) is 10.2. The summed E-state index contributed by atoms with van der Waals surface area (Å²) in [4.78, 5) is 0. The van der Waals surface area contributed by atoms with Gasteiger partial charge in [0.15, 0.2) is 0 Å². The van der Waals surface area contributed by atoms with Crippen LogP contribution in [0.4, 0.5) is 3.89 Å². The first-order valence-electron chi connectivity index (χ1n) is 4.75. The molecule has 0 aromatic carbocycles. The summed E-state index contributed by atoms with van der Waals surface area (Å²) in [7, 11) is -4.47. The number of rotatable bonds is 8. The fourth-order valence-corrected chi connectivity index (χ4v) is 1.49. The fraction of sp³-hybridized carbons (Fsp3) is 1.00. The van der Waals surface area contributed by atoms with E-state index in [0.29, 0.717) is 6.42 Å². The fourth-order valence-electron chi connectivity index (χ4n) is 1.10. The van der Waals surface area contributed by atoms with E-state index < -0.39 is 10.4 Å². The zero-order valence-corrected chi connectivity index (χ0v) is 8.87. The summed E-state index contributed by atoms with van der Waals surface area (Å²) in [5.41, 5.74) is 0. The van der Waals surface area contributed by atoms with Crippen molar-refractivity contribution >= 4 is 10.4 Å². The van der Waals surface area contributed by atoms with E-state index in [1.165, 1.54) is 19.3 Å². The number of hydrogen-bond acceptors (Lipinski definition) is 2. The third kappa shape index (κ3) is 11.8. The average molecular weight is 211 g/mol. The third-order valence-corrected chi connectivity index (χ3v) is 2.35. The quantitative estimate of drug-likeness (QED) is 0.494. The summed E-state index contributed by atoms with van der Waals surface area (Å²) < 4.78 is 33.7. The van der Waals surface area contributed by atoms with Gasteiger partial charge in [-0.15, -0.1) is 0 Å². The Morgan fingerprint density at radius 3 is 2.15 bits per heavy atom. The van der Waals surface area contributed by atoms with Crippen LogP contribution in [0.1, 0.15) is 45.4 Å². The van der Waals surface area contributed by atoms with Crippen LogP contribution in [0.15, 0.2) is 0 Å². The molecule has 0 aliphatic heterocycles. The zero-order valence-electron chi connectivity index (χ0n) is 8.05. The molecule has 0 fully saturated rings. The van der Waals surface area contributed by atoms with Crippen LogP contribution in [-0.4, -0.2) is 15.0 Å². The van der Waals surface area contributed by atoms with Crippen LogP contribution in [0.3, 0.4) is 0 Å². The van der Waals surface area contributed by atoms with E-state index in [1.54, 1.807) is 0 Å². The molecule has 0 radical (unpaired) electrons. The van der Waals surface area contributed by atoms with Crippen molar-refractivity contribution in [2.45, 2.75) is 45.4 Å². The molecule has 0 aliphatic rings. The van der Waals surface area contributed by atoms with Crippen molar-refractivity contribution in [3.8, 4) is 0 Å². The van der Waals surface area contributed by atoms with Gasteiger partial charge in [0, 0.05) is 6.54 Å². The highest BCUT2D eigenvalue weighted by atomic mass is 32.3. The van der Waals surface area contributed by atoms with Gasteiger partial charge < -0.3 is 0 Å². The second-order valence-corrected chi connectivity index (χ2v) is 4.26. The monoisotopic (exact) mass is 211 g/mol. The summed E-state index contributed by atoms with van der Waals surface area (Å²) in [5.74, 6) is 0. The van der Waals surface area contributed by atoms with Gasteiger partial charge in [-0.1, -0.05) is 42.9 Å². The lowest BCUT2D eigenvalue weighted by Gasteiger charge is -2.00. The predicted octanol–water partition coefficient (Wildman–Crippen LogP) is 2.15. The highest BCUT2D eigenvalue weighted by molar-refractivity contribution is 7.84. The van der Waals surface area contributed by atoms with Crippen molar-refractivity contribution in [1.29, 1.82) is 0 Å². The maximum absolute atomic E-state index is 11.9. The molecule has 0 aromatic rings. The Hall–Kier alpha value is -0.160. The molecule has 0 aromatic heterocycles. The van der Waals surface area contributed by atoms with Crippen LogP contribution in [-0.2, 0) is 10.4 Å². The van der Waals surface area contributed by atoms with Crippen molar-refractivity contribution < 1.29 is 12.3 Å². The third-order valence-electron chi connectivity index (χ3n) is 1.80. The largest absolute Gasteiger partial charge is 0.372 e. The van der Waals surface area contributed by atoms with Gasteiger partial charge in [0.05, 0.1) is 0 Å². The molecule has 0 unspecified atom stereocenters. The Kier molecular flexibility index (Phi) is 7.17. The molecule has 0 bridgehead atoms. The lowest BCUT2D eigenvalue weighted by atomic mass is 10.1. The van der Waals surface area contributed by atoms with Gasteiger partial charge in [-0.25, -0.2) is 0 Å². The van der Waals surface area contributed by atoms with E-state index >= 15 is 0 Å². The van der Waals surface area contributed by atoms with E-state index in [1.807, 2.05) is 4.72 Å². The topological polar surface area (TPSA) is 46.2 Å². The van der Waals surface area contributed by atoms with E-state index in [0.717, 1.165) is 12.8 Å². The average Bonchev–Trinajstić information content (AvgIpc) is 2.01. The first-order valence-corrected chi connectivity index (χ1v) is 6.14. The molecule has 5 heteroatoms. The Labute approximate surface area is 80.1 Å². The van der Waals surface area contributed by atoms with Gasteiger partial charge in [0.2, 0.25) is 0 Å². The minimum absolute atomic E-state index is 0.213. The molecule has 80 valence electrons. The van der Waals surface area contributed by atoms with Crippen molar-refractivity contribution in [3.63, 3.8) is 0 Å². The second kappa shape index (κ2) is 7.26. The van der Waals surface area contributed by atoms with Crippen molar-refractivity contribution in [1.82, 2.24) is 4.72 Å². The van der Waals surface area contributed by atoms with Gasteiger partial charge in [0.25, 0.3) is 0 Å². The van der Waals surface area contributed by atoms with Crippen LogP contribution in [0.25, 0.3) is 0 Å². The summed E-state index contributed by atoms with van der Waals surface area (Å²) in [6, 6.07) is 0. The lowest BCUT2D eigenvalue weighted by Crippen LogP contribution is -2.19. The van der Waals surface area contributed by atoms with Crippen LogP contribution < -0.4 is 4.72 Å². The molecule has 1 N–H and O–H groups in total. The number of hydrogen-bond donors (Lipinski definition) is 1. The number of halogens is 1. The summed E-state index contributed by atoms with van der Waals surface area (Å²) in [6.45, 7) is 2.35. The van der Waals surface area contributed by atoms with Gasteiger partial charge in [-0.05, 0) is 6.42 Å². The van der Waals surface area contributed by atoms with E-state index in [-0.39, 0.29) is 6.54 Å². The molecule has 0 saturated carbocycles. The van der Waals surface area contributed by atoms with Crippen LogP contribution in [0.5, 0.6) is 0 Å². The molecule has 3 nitrogen and oxygen atoms in total. The van der Waals surface area contributed by atoms with Gasteiger partial charge in [0.1, 0.15) is 0 Å². The number of nitrogens with one attached hydrogen (secondary N) is 1. The highest BCUT2D eigenvalue weighted by Gasteiger charge is 2.02. The van der Waals surface area contributed by atoms with Crippen LogP contribution >= 0.6 is 0 Å². The molecule has 13 heavy (non-hydrogen) atoms. The molecule has 0 saturated heterocycles. The van der Waals surface area contributed by atoms with Gasteiger partial charge in [-0.3, -0.25) is 0 Å². The highest BCUT2D eigenvalue weighted by Crippen LogP contribution is 2.04. The lowest BCUT2D eigenvalue weighted by molar-refractivity contribution is 0.528. The minimum Gasteiger partial charge on any atom is -0.188 e. The predicted molar refractivity (Wildman–Crippen MR) is 51.4 cm³/mol. The van der Waals surface area contributed by atoms with E-state index in [9.17, 15) is 12.3 Å². The SMILES string of the molecule is CCCCCCCCNS(=O)(=O)F. The maximum atomic E-state index is 11.9. The molecule has 0 spiro atoms. The molecule has 0 rings (SSSR count). The van der Waals surface area contributed by atoms with Crippen molar-refractivity contribution in [3.05, 3.63) is 0 Å². The molecule has 0 aliphatic carbocycles. The minimum atomic E-state index is -4.47. The van der Waals surface area contributed by atoms with Crippen molar-refractivity contribution in [2.75, 3.05) is 6.54 Å². The maximum Gasteiger partial charge on any atom is 0.372 e. The Morgan fingerprint density at radius 2 is 1.62 bits per heavy atom. The van der Waals surface area contributed by atoms with Crippen molar-refractivity contribution in [2.24, 2.45) is 0 Å². The van der Waals surface area contributed by atoms with Crippen LogP contribution in [0.2, 0.25) is 0 Å². The van der Waals surface area contributed by atoms with E-state index in [2.05, 4.69) is 6.92 Å².